The monoisotopic (exact) mass is 122 g/mol. The zero-order valence-electron chi connectivity index (χ0n) is 5.38. The molecule has 2 N–H and O–H groups in total. The Kier molecular flexibility index (Phi) is 2.28. The minimum absolute atomic E-state index is 0.740. The summed E-state index contributed by atoms with van der Waals surface area (Å²) in [5.41, 5.74) is 6.68. The minimum Gasteiger partial charge on any atom is -0.330 e. The summed E-state index contributed by atoms with van der Waals surface area (Å²) in [5, 5.41) is 0. The first kappa shape index (κ1) is 6.30. The summed E-state index contributed by atoms with van der Waals surface area (Å²) in [4.78, 5) is 0. The molecule has 1 rings (SSSR count). The van der Waals surface area contributed by atoms with E-state index in [4.69, 9.17) is 5.73 Å². The van der Waals surface area contributed by atoms with Gasteiger partial charge in [-0.25, -0.2) is 0 Å². The highest BCUT2D eigenvalue weighted by molar-refractivity contribution is 5.14. The third-order valence-electron chi connectivity index (χ3n) is 1.28. The molecule has 0 bridgehead atoms. The van der Waals surface area contributed by atoms with E-state index in [9.17, 15) is 0 Å². The summed E-state index contributed by atoms with van der Waals surface area (Å²) in [6.45, 7) is 0.740. The molecule has 0 heterocycles. The lowest BCUT2D eigenvalue weighted by Gasteiger charge is -1.93. The van der Waals surface area contributed by atoms with Crippen molar-refractivity contribution in [2.75, 3.05) is 6.54 Å². The Morgan fingerprint density at radius 3 is 2.33 bits per heavy atom. The molecule has 0 atom stereocenters. The Labute approximate surface area is 55.5 Å². The molecule has 0 amide bonds. The van der Waals surface area contributed by atoms with Crippen LogP contribution in [0.25, 0.3) is 0 Å². The fourth-order valence-corrected chi connectivity index (χ4v) is 0.811. The van der Waals surface area contributed by atoms with Crippen LogP contribution >= 0.6 is 0 Å². The average molecular weight is 122 g/mol. The lowest BCUT2D eigenvalue weighted by molar-refractivity contribution is 0.969. The van der Waals surface area contributed by atoms with Crippen LogP contribution in [0.2, 0.25) is 0 Å². The maximum absolute atomic E-state index is 5.36. The minimum atomic E-state index is 0.740. The molecule has 0 fully saturated rings. The molecule has 0 aliphatic carbocycles. The maximum atomic E-state index is 5.36. The molecular formula is C8H11N. The van der Waals surface area contributed by atoms with Crippen LogP contribution in [0.4, 0.5) is 0 Å². The van der Waals surface area contributed by atoms with Gasteiger partial charge in [0.05, 0.1) is 0 Å². The Morgan fingerprint density at radius 1 is 1.11 bits per heavy atom. The van der Waals surface area contributed by atoms with Crippen LogP contribution in [0.5, 0.6) is 0 Å². The quantitative estimate of drug-likeness (QED) is 0.626. The number of rotatable bonds is 2. The van der Waals surface area contributed by atoms with Gasteiger partial charge in [0.1, 0.15) is 0 Å². The second-order valence-corrected chi connectivity index (χ2v) is 2.02. The molecule has 1 aromatic carbocycles. The first-order valence-electron chi connectivity index (χ1n) is 3.17. The molecule has 0 aliphatic heterocycles. The molecule has 9 heavy (non-hydrogen) atoms. The number of hydrogen-bond donors (Lipinski definition) is 1. The van der Waals surface area contributed by atoms with Crippen molar-refractivity contribution >= 4 is 0 Å². The van der Waals surface area contributed by atoms with Crippen molar-refractivity contribution in [2.24, 2.45) is 5.73 Å². The molecule has 0 radical (unpaired) electrons. The summed E-state index contributed by atoms with van der Waals surface area (Å²) in [6, 6.07) is 10.3. The topological polar surface area (TPSA) is 26.0 Å². The first-order valence-corrected chi connectivity index (χ1v) is 3.17. The lowest BCUT2D eigenvalue weighted by atomic mass is 10.2. The zero-order chi connectivity index (χ0) is 6.53. The van der Waals surface area contributed by atoms with Crippen LogP contribution in [0.3, 0.4) is 0 Å². The molecule has 0 unspecified atom stereocenters. The highest BCUT2D eigenvalue weighted by atomic mass is 14.5. The van der Waals surface area contributed by atoms with E-state index >= 15 is 0 Å². The predicted octanol–water partition coefficient (Wildman–Crippen LogP) is 1.19. The molecule has 1 nitrogen and oxygen atoms in total. The Morgan fingerprint density at radius 2 is 1.78 bits per heavy atom. The van der Waals surface area contributed by atoms with Gasteiger partial charge in [0, 0.05) is 0 Å². The fourth-order valence-electron chi connectivity index (χ4n) is 0.811. The zero-order valence-corrected chi connectivity index (χ0v) is 5.38. The van der Waals surface area contributed by atoms with Crippen LogP contribution in [-0.2, 0) is 6.42 Å². The summed E-state index contributed by atoms with van der Waals surface area (Å²) in [5.74, 6) is 0. The Hall–Kier alpha value is -0.820. The smallest absolute Gasteiger partial charge is 0.00367 e. The first-order chi connectivity index (χ1) is 4.43. The van der Waals surface area contributed by atoms with Crippen molar-refractivity contribution in [2.45, 2.75) is 6.42 Å². The standard InChI is InChI=1S/C8H11N/c9-7-6-8-4-2-1-3-5-8/h1-5H,6-7,9H2/i4+1. The third kappa shape index (κ3) is 1.86. The number of hydrogen-bond acceptors (Lipinski definition) is 1. The lowest BCUT2D eigenvalue weighted by Crippen LogP contribution is -2.01. The second-order valence-electron chi connectivity index (χ2n) is 2.02. The van der Waals surface area contributed by atoms with Crippen molar-refractivity contribution < 1.29 is 0 Å². The van der Waals surface area contributed by atoms with Gasteiger partial charge in [0.2, 0.25) is 0 Å². The van der Waals surface area contributed by atoms with Crippen molar-refractivity contribution in [1.82, 2.24) is 0 Å². The summed E-state index contributed by atoms with van der Waals surface area (Å²) in [6.07, 6.45) is 0.987. The van der Waals surface area contributed by atoms with Crippen LogP contribution < -0.4 is 5.73 Å². The molecule has 0 saturated heterocycles. The van der Waals surface area contributed by atoms with E-state index in [2.05, 4.69) is 12.1 Å². The highest BCUT2D eigenvalue weighted by Gasteiger charge is 1.84. The van der Waals surface area contributed by atoms with E-state index in [1.165, 1.54) is 5.56 Å². The Balaban J connectivity index is 2.61. The summed E-state index contributed by atoms with van der Waals surface area (Å²) >= 11 is 0. The van der Waals surface area contributed by atoms with E-state index in [1.54, 1.807) is 0 Å². The number of nitrogens with two attached hydrogens (primary N) is 1. The van der Waals surface area contributed by atoms with Gasteiger partial charge < -0.3 is 5.73 Å². The van der Waals surface area contributed by atoms with E-state index in [1.807, 2.05) is 18.2 Å². The molecule has 0 aliphatic rings. The van der Waals surface area contributed by atoms with Gasteiger partial charge in [-0.15, -0.1) is 0 Å². The highest BCUT2D eigenvalue weighted by Crippen LogP contribution is 1.96. The summed E-state index contributed by atoms with van der Waals surface area (Å²) in [7, 11) is 0. The van der Waals surface area contributed by atoms with Gasteiger partial charge in [0.25, 0.3) is 0 Å². The van der Waals surface area contributed by atoms with Crippen molar-refractivity contribution in [3.63, 3.8) is 0 Å². The molecule has 48 valence electrons. The van der Waals surface area contributed by atoms with Crippen LogP contribution in [0, 0.1) is 0 Å². The maximum Gasteiger partial charge on any atom is -0.00367 e. The molecule has 0 aromatic heterocycles. The normalized spacial score (nSPS) is 9.44. The Bertz CT molecular complexity index is 157. The number of benzene rings is 1. The molecular weight excluding hydrogens is 111 g/mol. The van der Waals surface area contributed by atoms with E-state index in [0.29, 0.717) is 0 Å². The van der Waals surface area contributed by atoms with Crippen LogP contribution in [-0.4, -0.2) is 6.54 Å². The largest absolute Gasteiger partial charge is 0.330 e. The van der Waals surface area contributed by atoms with E-state index in [0.717, 1.165) is 13.0 Å². The van der Waals surface area contributed by atoms with Gasteiger partial charge in [-0.05, 0) is 18.5 Å². The molecule has 0 spiro atoms. The van der Waals surface area contributed by atoms with Crippen molar-refractivity contribution in [3.05, 3.63) is 35.9 Å². The molecule has 1 aromatic rings. The fraction of sp³-hybridized carbons (Fsp3) is 0.250. The van der Waals surface area contributed by atoms with Gasteiger partial charge in [0.15, 0.2) is 0 Å². The van der Waals surface area contributed by atoms with Crippen molar-refractivity contribution in [1.29, 1.82) is 0 Å². The van der Waals surface area contributed by atoms with Gasteiger partial charge >= 0.3 is 0 Å². The summed E-state index contributed by atoms with van der Waals surface area (Å²) < 4.78 is 0. The van der Waals surface area contributed by atoms with Gasteiger partial charge in [-0.2, -0.15) is 0 Å². The van der Waals surface area contributed by atoms with Gasteiger partial charge in [-0.1, -0.05) is 30.3 Å². The van der Waals surface area contributed by atoms with Crippen LogP contribution in [0.15, 0.2) is 30.3 Å². The van der Waals surface area contributed by atoms with E-state index in [-0.39, 0.29) is 0 Å². The third-order valence-corrected chi connectivity index (χ3v) is 1.28. The molecule has 1 heteroatoms. The van der Waals surface area contributed by atoms with Gasteiger partial charge in [-0.3, -0.25) is 0 Å². The average Bonchev–Trinajstić information content (AvgIpc) is 1.91. The van der Waals surface area contributed by atoms with Crippen molar-refractivity contribution in [3.8, 4) is 0 Å². The van der Waals surface area contributed by atoms with Crippen LogP contribution in [0.1, 0.15) is 5.56 Å². The second kappa shape index (κ2) is 3.25. The SMILES string of the molecule is NCCc1cccc[13cH]1. The van der Waals surface area contributed by atoms with E-state index < -0.39 is 0 Å². The predicted molar refractivity (Wildman–Crippen MR) is 39.2 cm³/mol. The molecule has 0 saturated carbocycles.